The molecular weight excluding hydrogens is 484 g/mol. The molecule has 3 heterocycles. The number of rotatable bonds is 5. The Morgan fingerprint density at radius 3 is 2.35 bits per heavy atom. The maximum Gasteiger partial charge on any atom is 0.416 e. The van der Waals surface area contributed by atoms with Gasteiger partial charge in [-0.2, -0.15) is 13.2 Å². The van der Waals surface area contributed by atoms with Crippen LogP contribution in [-0.4, -0.2) is 28.4 Å². The van der Waals surface area contributed by atoms with E-state index in [0.717, 1.165) is 54.9 Å². The molecule has 37 heavy (non-hydrogen) atoms. The highest BCUT2D eigenvalue weighted by Gasteiger charge is 2.30. The number of hydrogen-bond donors (Lipinski definition) is 1. The standard InChI is InChI=1S/C28H26F4N4O/c1-18-26(36-15-12-23(29)16-25(36)34-18)27(37)33-17-19-2-8-24(9-3-19)35-13-10-21(11-14-35)20-4-6-22(7-5-20)28(30,31)32/h2-9,12,15-16,21H,10-11,13-14,17H2,1H3,(H,33,37). The molecule has 2 aromatic heterocycles. The molecule has 192 valence electrons. The summed E-state index contributed by atoms with van der Waals surface area (Å²) in [5.74, 6) is -0.452. The van der Waals surface area contributed by atoms with Gasteiger partial charge in [0.2, 0.25) is 0 Å². The first-order valence-electron chi connectivity index (χ1n) is 12.1. The van der Waals surface area contributed by atoms with Gasteiger partial charge in [-0.1, -0.05) is 24.3 Å². The summed E-state index contributed by atoms with van der Waals surface area (Å²) >= 11 is 0. The molecule has 5 rings (SSSR count). The third-order valence-electron chi connectivity index (χ3n) is 6.94. The average Bonchev–Trinajstić information content (AvgIpc) is 3.22. The molecule has 4 aromatic rings. The summed E-state index contributed by atoms with van der Waals surface area (Å²) < 4.78 is 53.5. The van der Waals surface area contributed by atoms with Gasteiger partial charge in [0, 0.05) is 37.6 Å². The van der Waals surface area contributed by atoms with Crippen molar-refractivity contribution in [3.05, 3.63) is 101 Å². The molecule has 1 saturated heterocycles. The number of alkyl halides is 3. The summed E-state index contributed by atoms with van der Waals surface area (Å²) in [6, 6.07) is 16.1. The van der Waals surface area contributed by atoms with E-state index in [4.69, 9.17) is 0 Å². The molecule has 0 radical (unpaired) electrons. The Morgan fingerprint density at radius 1 is 1.03 bits per heavy atom. The van der Waals surface area contributed by atoms with Crippen LogP contribution in [0.4, 0.5) is 23.2 Å². The minimum Gasteiger partial charge on any atom is -0.371 e. The zero-order chi connectivity index (χ0) is 26.2. The fourth-order valence-electron chi connectivity index (χ4n) is 4.92. The predicted molar refractivity (Wildman–Crippen MR) is 133 cm³/mol. The Bertz CT molecular complexity index is 1400. The summed E-state index contributed by atoms with van der Waals surface area (Å²) in [5.41, 5.74) is 3.63. The number of aromatic nitrogens is 2. The molecule has 1 aliphatic rings. The van der Waals surface area contributed by atoms with Gasteiger partial charge in [-0.15, -0.1) is 0 Å². The van der Waals surface area contributed by atoms with Crippen molar-refractivity contribution in [2.45, 2.75) is 38.4 Å². The maximum absolute atomic E-state index is 13.5. The highest BCUT2D eigenvalue weighted by atomic mass is 19.4. The monoisotopic (exact) mass is 510 g/mol. The van der Waals surface area contributed by atoms with Gasteiger partial charge in [-0.3, -0.25) is 9.20 Å². The van der Waals surface area contributed by atoms with Gasteiger partial charge in [0.15, 0.2) is 0 Å². The summed E-state index contributed by atoms with van der Waals surface area (Å²) in [6.07, 6.45) is -1.09. The Hall–Kier alpha value is -3.88. The summed E-state index contributed by atoms with van der Waals surface area (Å²) in [6.45, 7) is 3.68. The van der Waals surface area contributed by atoms with Crippen molar-refractivity contribution in [1.82, 2.24) is 14.7 Å². The largest absolute Gasteiger partial charge is 0.416 e. The normalized spacial score (nSPS) is 14.8. The second kappa shape index (κ2) is 9.88. The van der Waals surface area contributed by atoms with Crippen LogP contribution in [0.25, 0.3) is 5.65 Å². The predicted octanol–water partition coefficient (Wildman–Crippen LogP) is 6.11. The van der Waals surface area contributed by atoms with Crippen LogP contribution >= 0.6 is 0 Å². The van der Waals surface area contributed by atoms with E-state index in [1.54, 1.807) is 23.5 Å². The van der Waals surface area contributed by atoms with E-state index >= 15 is 0 Å². The van der Waals surface area contributed by atoms with E-state index in [1.807, 2.05) is 24.3 Å². The third kappa shape index (κ3) is 5.30. The molecular formula is C28H26F4N4O. The van der Waals surface area contributed by atoms with Gasteiger partial charge in [-0.25, -0.2) is 9.37 Å². The Morgan fingerprint density at radius 2 is 1.70 bits per heavy atom. The number of carbonyl (C=O) groups excluding carboxylic acids is 1. The van der Waals surface area contributed by atoms with E-state index in [-0.39, 0.29) is 11.8 Å². The van der Waals surface area contributed by atoms with E-state index in [1.165, 1.54) is 18.3 Å². The van der Waals surface area contributed by atoms with Crippen LogP contribution in [0.15, 0.2) is 66.9 Å². The molecule has 0 aliphatic carbocycles. The molecule has 2 aromatic carbocycles. The van der Waals surface area contributed by atoms with Gasteiger partial charge in [-0.05, 0) is 67.1 Å². The first kappa shape index (κ1) is 24.8. The summed E-state index contributed by atoms with van der Waals surface area (Å²) in [4.78, 5) is 19.3. The maximum atomic E-state index is 13.5. The van der Waals surface area contributed by atoms with Gasteiger partial charge in [0.1, 0.15) is 17.2 Å². The number of aryl methyl sites for hydroxylation is 1. The van der Waals surface area contributed by atoms with Crippen molar-refractivity contribution in [2.75, 3.05) is 18.0 Å². The van der Waals surface area contributed by atoms with E-state index in [9.17, 15) is 22.4 Å². The number of nitrogens with one attached hydrogen (secondary N) is 1. The number of carbonyl (C=O) groups is 1. The molecule has 0 saturated carbocycles. The second-order valence-corrected chi connectivity index (χ2v) is 9.35. The number of pyridine rings is 1. The summed E-state index contributed by atoms with van der Waals surface area (Å²) in [7, 11) is 0. The third-order valence-corrected chi connectivity index (χ3v) is 6.94. The molecule has 0 spiro atoms. The van der Waals surface area contributed by atoms with Gasteiger partial charge in [0.05, 0.1) is 11.3 Å². The average molecular weight is 511 g/mol. The van der Waals surface area contributed by atoms with Crippen molar-refractivity contribution in [3.8, 4) is 0 Å². The van der Waals surface area contributed by atoms with Crippen molar-refractivity contribution < 1.29 is 22.4 Å². The molecule has 0 bridgehead atoms. The zero-order valence-corrected chi connectivity index (χ0v) is 20.2. The number of imidazole rings is 1. The summed E-state index contributed by atoms with van der Waals surface area (Å²) in [5, 5.41) is 2.91. The molecule has 1 N–H and O–H groups in total. The van der Waals surface area contributed by atoms with Crippen molar-refractivity contribution in [2.24, 2.45) is 0 Å². The number of nitrogens with zero attached hydrogens (tertiary/aromatic N) is 3. The lowest BCUT2D eigenvalue weighted by atomic mass is 9.88. The van der Waals surface area contributed by atoms with Gasteiger partial charge >= 0.3 is 6.18 Å². The second-order valence-electron chi connectivity index (χ2n) is 9.35. The number of fused-ring (bicyclic) bond motifs is 1. The van der Waals surface area contributed by atoms with Crippen molar-refractivity contribution in [3.63, 3.8) is 0 Å². The van der Waals surface area contributed by atoms with Crippen LogP contribution in [0, 0.1) is 12.7 Å². The minimum atomic E-state index is -4.31. The van der Waals surface area contributed by atoms with Crippen molar-refractivity contribution in [1.29, 1.82) is 0 Å². The molecule has 0 unspecified atom stereocenters. The van der Waals surface area contributed by atoms with Crippen LogP contribution in [0.1, 0.15) is 51.6 Å². The van der Waals surface area contributed by atoms with Gasteiger partial charge in [0.25, 0.3) is 5.91 Å². The lowest BCUT2D eigenvalue weighted by molar-refractivity contribution is -0.137. The Kier molecular flexibility index (Phi) is 6.62. The smallest absolute Gasteiger partial charge is 0.371 e. The number of piperidine rings is 1. The van der Waals surface area contributed by atoms with Crippen LogP contribution in [0.5, 0.6) is 0 Å². The fourth-order valence-corrected chi connectivity index (χ4v) is 4.92. The van der Waals surface area contributed by atoms with Crippen molar-refractivity contribution >= 4 is 17.2 Å². The SMILES string of the molecule is Cc1nc2cc(F)ccn2c1C(=O)NCc1ccc(N2CCC(c3ccc(C(F)(F)F)cc3)CC2)cc1. The molecule has 1 amide bonds. The molecule has 1 aliphatic heterocycles. The van der Waals surface area contributed by atoms with Crippen LogP contribution in [-0.2, 0) is 12.7 Å². The quantitative estimate of drug-likeness (QED) is 0.330. The highest BCUT2D eigenvalue weighted by molar-refractivity contribution is 5.94. The van der Waals surface area contributed by atoms with Crippen LogP contribution in [0.2, 0.25) is 0 Å². The van der Waals surface area contributed by atoms with E-state index < -0.39 is 17.6 Å². The van der Waals surface area contributed by atoms with Crippen LogP contribution < -0.4 is 10.2 Å². The van der Waals surface area contributed by atoms with Gasteiger partial charge < -0.3 is 10.2 Å². The Balaban J connectivity index is 1.16. The molecule has 9 heteroatoms. The first-order chi connectivity index (χ1) is 17.7. The number of amides is 1. The highest BCUT2D eigenvalue weighted by Crippen LogP contribution is 2.34. The van der Waals surface area contributed by atoms with E-state index in [2.05, 4.69) is 15.2 Å². The van der Waals surface area contributed by atoms with Crippen LogP contribution in [0.3, 0.4) is 0 Å². The fraction of sp³-hybridized carbons (Fsp3) is 0.286. The number of benzene rings is 2. The molecule has 5 nitrogen and oxygen atoms in total. The lowest BCUT2D eigenvalue weighted by Gasteiger charge is -2.34. The number of anilines is 1. The molecule has 0 atom stereocenters. The Labute approximate surface area is 211 Å². The molecule has 1 fully saturated rings. The topological polar surface area (TPSA) is 49.6 Å². The number of halogens is 4. The van der Waals surface area contributed by atoms with E-state index in [0.29, 0.717) is 23.6 Å². The number of hydrogen-bond acceptors (Lipinski definition) is 3. The first-order valence-corrected chi connectivity index (χ1v) is 12.1. The lowest BCUT2D eigenvalue weighted by Crippen LogP contribution is -2.32. The minimum absolute atomic E-state index is 0.243. The zero-order valence-electron chi connectivity index (χ0n) is 20.2.